The highest BCUT2D eigenvalue weighted by Crippen LogP contribution is 2.39. The van der Waals surface area contributed by atoms with Crippen molar-refractivity contribution in [2.75, 3.05) is 36.9 Å². The number of nitrogens with zero attached hydrogens (tertiary/aromatic N) is 6. The van der Waals surface area contributed by atoms with E-state index in [9.17, 15) is 19.5 Å². The van der Waals surface area contributed by atoms with Crippen LogP contribution in [0.1, 0.15) is 17.3 Å². The minimum Gasteiger partial charge on any atom is -0.505 e. The van der Waals surface area contributed by atoms with Crippen molar-refractivity contribution in [3.05, 3.63) is 62.6 Å². The molecule has 1 fully saturated rings. The van der Waals surface area contributed by atoms with Crippen molar-refractivity contribution in [1.29, 1.82) is 0 Å². The van der Waals surface area contributed by atoms with Gasteiger partial charge in [-0.05, 0) is 20.0 Å². The van der Waals surface area contributed by atoms with Crippen LogP contribution in [0.2, 0.25) is 10.0 Å². The van der Waals surface area contributed by atoms with Gasteiger partial charge in [-0.25, -0.2) is 14.4 Å². The first kappa shape index (κ1) is 29.3. The van der Waals surface area contributed by atoms with Crippen LogP contribution in [0.25, 0.3) is 22.2 Å². The molecule has 1 aliphatic rings. The lowest BCUT2D eigenvalue weighted by atomic mass is 10.0. The molecular formula is C27H27Cl2FN8O4. The molecule has 4 N–H and O–H groups in total. The molecule has 0 unspecified atom stereocenters. The number of nitrogens with two attached hydrogens (primary N) is 1. The van der Waals surface area contributed by atoms with E-state index in [1.807, 2.05) is 0 Å². The Balaban J connectivity index is 1.52. The van der Waals surface area contributed by atoms with Crippen molar-refractivity contribution in [3.8, 4) is 16.9 Å². The summed E-state index contributed by atoms with van der Waals surface area (Å²) in [5.41, 5.74) is 4.52. The smallest absolute Gasteiger partial charge is 0.263 e. The molecule has 0 bridgehead atoms. The van der Waals surface area contributed by atoms with Gasteiger partial charge >= 0.3 is 0 Å². The first-order chi connectivity index (χ1) is 19.9. The highest BCUT2D eigenvalue weighted by Gasteiger charge is 2.26. The Morgan fingerprint density at radius 1 is 1.19 bits per heavy atom. The molecule has 5 rings (SSSR count). The van der Waals surface area contributed by atoms with Crippen molar-refractivity contribution in [3.63, 3.8) is 0 Å². The maximum Gasteiger partial charge on any atom is 0.263 e. The van der Waals surface area contributed by atoms with Crippen molar-refractivity contribution in [2.24, 2.45) is 12.8 Å². The molecule has 4 heterocycles. The fraction of sp³-hybridized carbons (Fsp3) is 0.296. The van der Waals surface area contributed by atoms with Crippen LogP contribution in [0.4, 0.5) is 15.9 Å². The molecule has 0 spiro atoms. The van der Waals surface area contributed by atoms with Gasteiger partial charge in [-0.15, -0.1) is 0 Å². The van der Waals surface area contributed by atoms with Gasteiger partial charge in [0.25, 0.3) is 11.5 Å². The number of anilines is 2. The summed E-state index contributed by atoms with van der Waals surface area (Å²) in [5, 5.41) is 12.4. The van der Waals surface area contributed by atoms with E-state index < -0.39 is 39.5 Å². The lowest BCUT2D eigenvalue weighted by Crippen LogP contribution is -2.50. The summed E-state index contributed by atoms with van der Waals surface area (Å²) in [5.74, 6) is -2.79. The van der Waals surface area contributed by atoms with Crippen molar-refractivity contribution in [2.45, 2.75) is 19.5 Å². The predicted octanol–water partition coefficient (Wildman–Crippen LogP) is 2.83. The van der Waals surface area contributed by atoms with Crippen LogP contribution in [-0.2, 0) is 18.4 Å². The Morgan fingerprint density at radius 3 is 2.62 bits per heavy atom. The zero-order chi connectivity index (χ0) is 30.5. The molecule has 1 atom stereocenters. The summed E-state index contributed by atoms with van der Waals surface area (Å²) in [7, 11) is 3.51. The van der Waals surface area contributed by atoms with Crippen molar-refractivity contribution < 1.29 is 19.1 Å². The van der Waals surface area contributed by atoms with Crippen molar-refractivity contribution >= 4 is 57.6 Å². The third-order valence-corrected chi connectivity index (χ3v) is 7.87. The van der Waals surface area contributed by atoms with Crippen LogP contribution < -0.4 is 21.5 Å². The van der Waals surface area contributed by atoms with Crippen molar-refractivity contribution in [1.82, 2.24) is 24.0 Å². The second-order valence-corrected chi connectivity index (χ2v) is 11.0. The summed E-state index contributed by atoms with van der Waals surface area (Å²) in [4.78, 5) is 51.4. The molecule has 1 aromatic carbocycles. The van der Waals surface area contributed by atoms with E-state index in [0.717, 1.165) is 25.7 Å². The molecule has 0 saturated carbocycles. The molecule has 0 aliphatic carbocycles. The van der Waals surface area contributed by atoms with Crippen LogP contribution in [0.15, 0.2) is 35.6 Å². The number of carbonyl (C=O) groups is 2. The highest BCUT2D eigenvalue weighted by atomic mass is 35.5. The van der Waals surface area contributed by atoms with Gasteiger partial charge in [0.2, 0.25) is 5.91 Å². The standard InChI is InChI=1S/C27H27Cl2FN8O4/c1-13-9-35(2)4-5-38(13)19-7-18(17(28)8-32-19)34-20(39)11-37-10-16(21-26(37)33-12-36(3)27(21)42)14-6-15(25(31)41)24(40)22(29)23(14)30/h6-8,10,12-13,40H,4-5,9,11H2,1-3H3,(H2,31,41)(H,32,34,39)/t13-/m0/s1. The largest absolute Gasteiger partial charge is 0.505 e. The summed E-state index contributed by atoms with van der Waals surface area (Å²) in [6.45, 7) is 4.24. The number of likely N-dealkylation sites (N-methyl/N-ethyl adjacent to an activating group) is 1. The van der Waals surface area contributed by atoms with Gasteiger partial charge < -0.3 is 35.1 Å². The predicted molar refractivity (Wildman–Crippen MR) is 158 cm³/mol. The molecule has 12 nitrogen and oxygen atoms in total. The van der Waals surface area contributed by atoms with Gasteiger partial charge in [0.15, 0.2) is 5.82 Å². The van der Waals surface area contributed by atoms with Gasteiger partial charge in [0, 0.05) is 56.1 Å². The first-order valence-corrected chi connectivity index (χ1v) is 13.6. The molecule has 0 radical (unpaired) electrons. The maximum atomic E-state index is 15.3. The maximum absolute atomic E-state index is 15.3. The third kappa shape index (κ3) is 5.26. The fourth-order valence-corrected chi connectivity index (χ4v) is 5.45. The topological polar surface area (TPSA) is 152 Å². The number of piperazine rings is 1. The monoisotopic (exact) mass is 616 g/mol. The number of rotatable bonds is 6. The Hall–Kier alpha value is -4.20. The SMILES string of the molecule is C[C@H]1CN(C)CCN1c1cc(NC(=O)Cn2cc(-c3cc(C(N)=O)c(O)c(Cl)c3F)c3c(=O)n(C)cnc32)c(Cl)cn1. The minimum absolute atomic E-state index is 0.00156. The van der Waals surface area contributed by atoms with E-state index in [1.165, 1.54) is 34.9 Å². The van der Waals surface area contributed by atoms with Crippen LogP contribution in [0.3, 0.4) is 0 Å². The molecule has 1 aliphatic heterocycles. The number of hydrogen-bond acceptors (Lipinski definition) is 8. The number of aryl methyl sites for hydroxylation is 1. The molecular weight excluding hydrogens is 590 g/mol. The zero-order valence-electron chi connectivity index (χ0n) is 22.9. The molecule has 220 valence electrons. The molecule has 1 saturated heterocycles. The number of benzene rings is 1. The summed E-state index contributed by atoms with van der Waals surface area (Å²) in [6, 6.07) is 2.90. The Morgan fingerprint density at radius 2 is 1.93 bits per heavy atom. The number of phenols is 1. The summed E-state index contributed by atoms with van der Waals surface area (Å²) in [6.07, 6.45) is 4.08. The van der Waals surface area contributed by atoms with Gasteiger partial charge in [0.1, 0.15) is 28.8 Å². The number of aromatic nitrogens is 4. The van der Waals surface area contributed by atoms with Gasteiger partial charge in [-0.3, -0.25) is 14.4 Å². The quantitative estimate of drug-likeness (QED) is 0.299. The average molecular weight is 617 g/mol. The van der Waals surface area contributed by atoms with Crippen LogP contribution in [-0.4, -0.2) is 73.6 Å². The number of aromatic hydroxyl groups is 1. The third-order valence-electron chi connectivity index (χ3n) is 7.23. The fourth-order valence-electron chi connectivity index (χ4n) is 5.10. The van der Waals surface area contributed by atoms with E-state index >= 15 is 4.39 Å². The number of fused-ring (bicyclic) bond motifs is 1. The van der Waals surface area contributed by atoms with E-state index in [-0.39, 0.29) is 39.8 Å². The second-order valence-electron chi connectivity index (χ2n) is 10.2. The number of amides is 2. The lowest BCUT2D eigenvalue weighted by molar-refractivity contribution is -0.116. The number of primary amides is 1. The number of halogens is 3. The number of nitrogens with one attached hydrogen (secondary N) is 1. The van der Waals surface area contributed by atoms with Gasteiger partial charge in [0.05, 0.1) is 34.2 Å². The number of pyridine rings is 1. The van der Waals surface area contributed by atoms with Crippen LogP contribution >= 0.6 is 23.2 Å². The summed E-state index contributed by atoms with van der Waals surface area (Å²) >= 11 is 12.3. The Labute approximate surface area is 249 Å². The van der Waals surface area contributed by atoms with Crippen LogP contribution in [0.5, 0.6) is 5.75 Å². The molecule has 3 aromatic heterocycles. The van der Waals surface area contributed by atoms with Crippen LogP contribution in [0, 0.1) is 5.82 Å². The van der Waals surface area contributed by atoms with Gasteiger partial charge in [-0.1, -0.05) is 23.2 Å². The molecule has 4 aromatic rings. The normalized spacial score (nSPS) is 15.8. The summed E-state index contributed by atoms with van der Waals surface area (Å²) < 4.78 is 17.9. The molecule has 2 amide bonds. The van der Waals surface area contributed by atoms with E-state index in [4.69, 9.17) is 28.9 Å². The second kappa shape index (κ2) is 11.2. The van der Waals surface area contributed by atoms with E-state index in [2.05, 4.69) is 39.1 Å². The number of carbonyl (C=O) groups excluding carboxylic acids is 2. The van der Waals surface area contributed by atoms with Gasteiger partial charge in [-0.2, -0.15) is 0 Å². The van der Waals surface area contributed by atoms with E-state index in [1.54, 1.807) is 6.07 Å². The zero-order valence-corrected chi connectivity index (χ0v) is 24.4. The lowest BCUT2D eigenvalue weighted by Gasteiger charge is -2.39. The Bertz CT molecular complexity index is 1810. The highest BCUT2D eigenvalue weighted by molar-refractivity contribution is 6.34. The minimum atomic E-state index is -1.08. The average Bonchev–Trinajstić information content (AvgIpc) is 3.29. The molecule has 42 heavy (non-hydrogen) atoms. The molecule has 15 heteroatoms. The Kier molecular flexibility index (Phi) is 7.84. The number of hydrogen-bond donors (Lipinski definition) is 3. The first-order valence-electron chi connectivity index (χ1n) is 12.8. The van der Waals surface area contributed by atoms with E-state index in [0.29, 0.717) is 11.5 Å².